The molecule has 2 atom stereocenters. The number of rotatable bonds is 3. The molecule has 0 saturated carbocycles. The van der Waals surface area contributed by atoms with Crippen molar-refractivity contribution in [1.29, 1.82) is 0 Å². The molecule has 0 spiro atoms. The lowest BCUT2D eigenvalue weighted by molar-refractivity contribution is 0.275. The molecule has 0 aliphatic carbocycles. The van der Waals surface area contributed by atoms with E-state index in [4.69, 9.17) is 0 Å². The number of nitrogens with zero attached hydrogens (tertiary/aromatic N) is 2. The summed E-state index contributed by atoms with van der Waals surface area (Å²) in [6.45, 7) is 3.69. The van der Waals surface area contributed by atoms with Gasteiger partial charge in [0, 0.05) is 35.7 Å². The predicted octanol–water partition coefficient (Wildman–Crippen LogP) is 4.06. The van der Waals surface area contributed by atoms with Gasteiger partial charge >= 0.3 is 0 Å². The summed E-state index contributed by atoms with van der Waals surface area (Å²) >= 11 is 0. The van der Waals surface area contributed by atoms with Crippen LogP contribution in [0.25, 0.3) is 16.5 Å². The second-order valence-electron chi connectivity index (χ2n) is 8.28. The van der Waals surface area contributed by atoms with Gasteiger partial charge in [-0.25, -0.2) is 0 Å². The fraction of sp³-hybridized carbons (Fsp3) is 0.545. The summed E-state index contributed by atoms with van der Waals surface area (Å²) in [5.74, 6) is 0. The number of H-pyrrole nitrogens is 1. The minimum absolute atomic E-state index is 0.712. The normalized spacial score (nSPS) is 27.8. The van der Waals surface area contributed by atoms with Crippen LogP contribution < -0.4 is 0 Å². The molecule has 1 N–H and O–H groups in total. The molecule has 0 bridgehead atoms. The van der Waals surface area contributed by atoms with Gasteiger partial charge in [-0.1, -0.05) is 12.1 Å². The van der Waals surface area contributed by atoms with Crippen LogP contribution in [0.1, 0.15) is 43.2 Å². The van der Waals surface area contributed by atoms with Crippen LogP contribution in [0.3, 0.4) is 0 Å². The van der Waals surface area contributed by atoms with Gasteiger partial charge in [0.15, 0.2) is 0 Å². The highest BCUT2D eigenvalue weighted by atomic mass is 15.2. The number of hydrogen-bond acceptors (Lipinski definition) is 2. The molecule has 132 valence electrons. The molecule has 2 fully saturated rings. The Balaban J connectivity index is 1.44. The van der Waals surface area contributed by atoms with Crippen LogP contribution in [-0.4, -0.2) is 53.5 Å². The smallest absolute Gasteiger partial charge is 0.0457 e. The van der Waals surface area contributed by atoms with E-state index in [9.17, 15) is 0 Å². The summed E-state index contributed by atoms with van der Waals surface area (Å²) in [6.07, 6.45) is 12.6. The van der Waals surface area contributed by atoms with Crippen molar-refractivity contribution in [2.45, 2.75) is 50.6 Å². The van der Waals surface area contributed by atoms with E-state index in [0.29, 0.717) is 6.04 Å². The molecule has 1 aromatic heterocycles. The van der Waals surface area contributed by atoms with Crippen LogP contribution in [0.4, 0.5) is 0 Å². The third-order valence-electron chi connectivity index (χ3n) is 6.79. The Morgan fingerprint density at radius 1 is 1.16 bits per heavy atom. The highest BCUT2D eigenvalue weighted by Crippen LogP contribution is 2.34. The largest absolute Gasteiger partial charge is 0.361 e. The van der Waals surface area contributed by atoms with Gasteiger partial charge < -0.3 is 9.88 Å². The van der Waals surface area contributed by atoms with Crippen LogP contribution >= 0.6 is 0 Å². The van der Waals surface area contributed by atoms with Crippen LogP contribution in [0.5, 0.6) is 0 Å². The zero-order chi connectivity index (χ0) is 16.8. The number of benzene rings is 1. The molecule has 0 radical (unpaired) electrons. The standard InChI is InChI=1S/C22H29N3/c1-24-9-2-4-19(24)13-18-15-23-22-7-6-16(14-21(18)22)17-8-11-25-10-3-5-20(25)12-17/h6-8,14-15,19-20,23H,2-5,9-13H2,1H3/t19-,20-/m0/s1. The fourth-order valence-corrected chi connectivity index (χ4v) is 5.21. The zero-order valence-electron chi connectivity index (χ0n) is 15.3. The minimum atomic E-state index is 0.712. The Kier molecular flexibility index (Phi) is 3.94. The lowest BCUT2D eigenvalue weighted by Gasteiger charge is -2.29. The summed E-state index contributed by atoms with van der Waals surface area (Å²) in [7, 11) is 2.28. The van der Waals surface area contributed by atoms with E-state index in [1.54, 1.807) is 5.57 Å². The predicted molar refractivity (Wildman–Crippen MR) is 105 cm³/mol. The maximum Gasteiger partial charge on any atom is 0.0457 e. The van der Waals surface area contributed by atoms with E-state index < -0.39 is 0 Å². The van der Waals surface area contributed by atoms with E-state index in [1.165, 1.54) is 73.6 Å². The first-order valence-corrected chi connectivity index (χ1v) is 10.0. The van der Waals surface area contributed by atoms with Crippen LogP contribution in [0.15, 0.2) is 30.5 Å². The van der Waals surface area contributed by atoms with Gasteiger partial charge in [-0.05, 0) is 87.5 Å². The van der Waals surface area contributed by atoms with Gasteiger partial charge in [0.1, 0.15) is 0 Å². The zero-order valence-corrected chi connectivity index (χ0v) is 15.3. The van der Waals surface area contributed by atoms with Crippen LogP contribution in [0.2, 0.25) is 0 Å². The SMILES string of the molecule is CN1CCC[C@H]1Cc1c[nH]c2ccc(C3=CCN4CCC[C@H]4C3)cc12. The van der Waals surface area contributed by atoms with E-state index in [2.05, 4.69) is 52.3 Å². The van der Waals surface area contributed by atoms with E-state index in [0.717, 1.165) is 12.6 Å². The van der Waals surface area contributed by atoms with Crippen molar-refractivity contribution in [2.24, 2.45) is 0 Å². The van der Waals surface area contributed by atoms with Crippen molar-refractivity contribution in [2.75, 3.05) is 26.7 Å². The molecule has 2 saturated heterocycles. The molecule has 3 nitrogen and oxygen atoms in total. The van der Waals surface area contributed by atoms with Gasteiger partial charge in [-0.3, -0.25) is 4.90 Å². The summed E-state index contributed by atoms with van der Waals surface area (Å²) in [4.78, 5) is 8.68. The van der Waals surface area contributed by atoms with Crippen molar-refractivity contribution in [3.05, 3.63) is 41.6 Å². The third kappa shape index (κ3) is 2.84. The number of aromatic amines is 1. The van der Waals surface area contributed by atoms with Gasteiger partial charge in [0.05, 0.1) is 0 Å². The van der Waals surface area contributed by atoms with Crippen molar-refractivity contribution in [3.63, 3.8) is 0 Å². The molecule has 2 aromatic rings. The molecule has 1 aromatic carbocycles. The van der Waals surface area contributed by atoms with E-state index >= 15 is 0 Å². The minimum Gasteiger partial charge on any atom is -0.361 e. The summed E-state index contributed by atoms with van der Waals surface area (Å²) in [6, 6.07) is 8.55. The summed E-state index contributed by atoms with van der Waals surface area (Å²) in [5, 5.41) is 1.44. The van der Waals surface area contributed by atoms with Gasteiger partial charge in [0.25, 0.3) is 0 Å². The lowest BCUT2D eigenvalue weighted by atomic mass is 9.92. The molecular formula is C22H29N3. The molecule has 5 rings (SSSR count). The first-order valence-electron chi connectivity index (χ1n) is 10.0. The number of aromatic nitrogens is 1. The van der Waals surface area contributed by atoms with Crippen molar-refractivity contribution in [1.82, 2.24) is 14.8 Å². The molecule has 4 heterocycles. The Labute approximate surface area is 150 Å². The first-order chi connectivity index (χ1) is 12.3. The molecule has 0 amide bonds. The second-order valence-corrected chi connectivity index (χ2v) is 8.28. The molecule has 3 heteroatoms. The Bertz CT molecular complexity index is 803. The van der Waals surface area contributed by atoms with E-state index in [1.807, 2.05) is 0 Å². The number of likely N-dealkylation sites (N-methyl/N-ethyl adjacent to an activating group) is 1. The highest BCUT2D eigenvalue weighted by molar-refractivity contribution is 5.87. The lowest BCUT2D eigenvalue weighted by Crippen LogP contribution is -2.32. The van der Waals surface area contributed by atoms with Gasteiger partial charge in [0.2, 0.25) is 0 Å². The Morgan fingerprint density at radius 2 is 2.08 bits per heavy atom. The fourth-order valence-electron chi connectivity index (χ4n) is 5.21. The average molecular weight is 335 g/mol. The van der Waals surface area contributed by atoms with Gasteiger partial charge in [-0.15, -0.1) is 0 Å². The van der Waals surface area contributed by atoms with E-state index in [-0.39, 0.29) is 0 Å². The average Bonchev–Trinajstić information content (AvgIpc) is 3.35. The highest BCUT2D eigenvalue weighted by Gasteiger charge is 2.28. The Hall–Kier alpha value is -1.58. The first kappa shape index (κ1) is 15.7. The number of nitrogens with one attached hydrogen (secondary N) is 1. The second kappa shape index (κ2) is 6.30. The molecule has 25 heavy (non-hydrogen) atoms. The maximum absolute atomic E-state index is 3.50. The maximum atomic E-state index is 3.50. The topological polar surface area (TPSA) is 22.3 Å². The van der Waals surface area contributed by atoms with Crippen LogP contribution in [-0.2, 0) is 6.42 Å². The molecule has 3 aliphatic heterocycles. The molecule has 3 aliphatic rings. The van der Waals surface area contributed by atoms with Crippen molar-refractivity contribution < 1.29 is 0 Å². The molecule has 0 unspecified atom stereocenters. The molecular weight excluding hydrogens is 306 g/mol. The quantitative estimate of drug-likeness (QED) is 0.914. The number of fused-ring (bicyclic) bond motifs is 2. The summed E-state index contributed by atoms with van der Waals surface area (Å²) < 4.78 is 0. The van der Waals surface area contributed by atoms with Crippen molar-refractivity contribution in [3.8, 4) is 0 Å². The Morgan fingerprint density at radius 3 is 2.96 bits per heavy atom. The summed E-state index contributed by atoms with van der Waals surface area (Å²) in [5.41, 5.74) is 5.79. The van der Waals surface area contributed by atoms with Crippen molar-refractivity contribution >= 4 is 16.5 Å². The third-order valence-corrected chi connectivity index (χ3v) is 6.79. The number of likely N-dealkylation sites (tertiary alicyclic amines) is 1. The van der Waals surface area contributed by atoms with Gasteiger partial charge in [-0.2, -0.15) is 0 Å². The monoisotopic (exact) mass is 335 g/mol. The number of hydrogen-bond donors (Lipinski definition) is 1. The van der Waals surface area contributed by atoms with Crippen LogP contribution in [0, 0.1) is 0 Å².